The first-order valence-electron chi connectivity index (χ1n) is 8.47. The predicted octanol–water partition coefficient (Wildman–Crippen LogP) is 3.42. The number of pyridine rings is 2. The van der Waals surface area contributed by atoms with Gasteiger partial charge in [-0.05, 0) is 18.2 Å². The topological polar surface area (TPSA) is 102 Å². The van der Waals surface area contributed by atoms with Crippen LogP contribution in [-0.2, 0) is 0 Å². The molecule has 0 aliphatic carbocycles. The highest BCUT2D eigenvalue weighted by Gasteiger charge is 2.09. The molecule has 0 bridgehead atoms. The normalized spacial score (nSPS) is 10.5. The molecule has 0 atom stereocenters. The molecule has 3 aromatic heterocycles. The molecule has 0 unspecified atom stereocenters. The van der Waals surface area contributed by atoms with Crippen LogP contribution in [-0.4, -0.2) is 33.0 Å². The zero-order valence-corrected chi connectivity index (χ0v) is 15.0. The summed E-state index contributed by atoms with van der Waals surface area (Å²) in [6.45, 7) is 0. The Labute approximate surface area is 160 Å². The largest absolute Gasteiger partial charge is 0.495 e. The Morgan fingerprint density at radius 1 is 0.964 bits per heavy atom. The zero-order valence-electron chi connectivity index (χ0n) is 15.0. The fraction of sp³-hybridized carbons (Fsp3) is 0.0500. The van der Waals surface area contributed by atoms with Gasteiger partial charge in [-0.15, -0.1) is 0 Å². The molecule has 28 heavy (non-hydrogen) atoms. The van der Waals surface area contributed by atoms with Gasteiger partial charge in [0.05, 0.1) is 42.6 Å². The first kappa shape index (κ1) is 17.3. The van der Waals surface area contributed by atoms with Gasteiger partial charge in [0.25, 0.3) is 5.91 Å². The Kier molecular flexibility index (Phi) is 4.75. The van der Waals surface area contributed by atoms with Crippen LogP contribution in [0.5, 0.6) is 5.75 Å². The molecule has 1 amide bonds. The maximum atomic E-state index is 12.2. The van der Waals surface area contributed by atoms with E-state index in [0.717, 1.165) is 5.69 Å². The van der Waals surface area contributed by atoms with Crippen LogP contribution in [0.4, 0.5) is 17.3 Å². The van der Waals surface area contributed by atoms with Gasteiger partial charge in [0.1, 0.15) is 11.3 Å². The minimum atomic E-state index is -0.264. The number of fused-ring (bicyclic) bond motifs is 1. The molecule has 0 aliphatic heterocycles. The molecule has 4 aromatic rings. The second-order valence-corrected chi connectivity index (χ2v) is 5.84. The van der Waals surface area contributed by atoms with E-state index in [2.05, 4.69) is 30.6 Å². The number of aromatic nitrogens is 4. The molecule has 1 aromatic carbocycles. The lowest BCUT2D eigenvalue weighted by Crippen LogP contribution is -2.14. The molecule has 0 fully saturated rings. The summed E-state index contributed by atoms with van der Waals surface area (Å²) in [7, 11) is 1.58. The van der Waals surface area contributed by atoms with Crippen LogP contribution < -0.4 is 15.4 Å². The Morgan fingerprint density at radius 2 is 1.75 bits per heavy atom. The maximum Gasteiger partial charge on any atom is 0.258 e. The smallest absolute Gasteiger partial charge is 0.258 e. The van der Waals surface area contributed by atoms with Crippen molar-refractivity contribution in [2.75, 3.05) is 17.7 Å². The summed E-state index contributed by atoms with van der Waals surface area (Å²) in [5.41, 5.74) is 3.36. The van der Waals surface area contributed by atoms with Crippen LogP contribution in [0.1, 0.15) is 10.4 Å². The summed E-state index contributed by atoms with van der Waals surface area (Å²) >= 11 is 0. The van der Waals surface area contributed by atoms with Gasteiger partial charge in [-0.2, -0.15) is 0 Å². The van der Waals surface area contributed by atoms with Crippen molar-refractivity contribution in [2.45, 2.75) is 0 Å². The summed E-state index contributed by atoms with van der Waals surface area (Å²) in [5.74, 6) is 0.598. The van der Waals surface area contributed by atoms with Gasteiger partial charge in [-0.3, -0.25) is 15.1 Å². The molecule has 0 spiro atoms. The SMILES string of the molecule is COc1cnc2c(Nc3cnc(NC(=O)c4ccccc4)nc3)ccnc2c1. The van der Waals surface area contributed by atoms with E-state index in [9.17, 15) is 4.79 Å². The highest BCUT2D eigenvalue weighted by molar-refractivity contribution is 6.03. The fourth-order valence-corrected chi connectivity index (χ4v) is 2.60. The first-order valence-corrected chi connectivity index (χ1v) is 8.47. The molecule has 138 valence electrons. The summed E-state index contributed by atoms with van der Waals surface area (Å²) in [6, 6.07) is 12.5. The van der Waals surface area contributed by atoms with Crippen molar-refractivity contribution >= 4 is 34.3 Å². The number of rotatable bonds is 5. The van der Waals surface area contributed by atoms with Crippen LogP contribution >= 0.6 is 0 Å². The lowest BCUT2D eigenvalue weighted by Gasteiger charge is -2.09. The number of nitrogens with one attached hydrogen (secondary N) is 2. The van der Waals surface area contributed by atoms with Crippen molar-refractivity contribution in [3.05, 3.63) is 72.8 Å². The molecule has 3 heterocycles. The van der Waals surface area contributed by atoms with Gasteiger partial charge in [-0.1, -0.05) is 18.2 Å². The lowest BCUT2D eigenvalue weighted by molar-refractivity contribution is 0.102. The Bertz CT molecular complexity index is 1120. The third-order valence-corrected chi connectivity index (χ3v) is 3.98. The number of hydrogen-bond donors (Lipinski definition) is 2. The average molecular weight is 372 g/mol. The van der Waals surface area contributed by atoms with E-state index in [4.69, 9.17) is 4.74 Å². The third-order valence-electron chi connectivity index (χ3n) is 3.98. The molecule has 8 heteroatoms. The van der Waals surface area contributed by atoms with E-state index in [1.807, 2.05) is 18.2 Å². The molecule has 0 saturated heterocycles. The summed E-state index contributed by atoms with van der Waals surface area (Å²) in [4.78, 5) is 29.2. The summed E-state index contributed by atoms with van der Waals surface area (Å²) in [5, 5.41) is 5.88. The van der Waals surface area contributed by atoms with Crippen molar-refractivity contribution < 1.29 is 9.53 Å². The lowest BCUT2D eigenvalue weighted by atomic mass is 10.2. The number of hydrogen-bond acceptors (Lipinski definition) is 7. The Balaban J connectivity index is 1.51. The number of anilines is 3. The molecule has 0 radical (unpaired) electrons. The number of methoxy groups -OCH3 is 1. The number of carbonyl (C=O) groups is 1. The Morgan fingerprint density at radius 3 is 2.50 bits per heavy atom. The molecule has 0 saturated carbocycles. The van der Waals surface area contributed by atoms with Crippen LogP contribution in [0.2, 0.25) is 0 Å². The minimum Gasteiger partial charge on any atom is -0.495 e. The first-order chi connectivity index (χ1) is 13.7. The number of amides is 1. The molecule has 2 N–H and O–H groups in total. The van der Waals surface area contributed by atoms with Gasteiger partial charge in [0.15, 0.2) is 0 Å². The van der Waals surface area contributed by atoms with Gasteiger partial charge in [-0.25, -0.2) is 15.0 Å². The predicted molar refractivity (Wildman–Crippen MR) is 106 cm³/mol. The van der Waals surface area contributed by atoms with Crippen molar-refractivity contribution in [1.29, 1.82) is 0 Å². The van der Waals surface area contributed by atoms with E-state index in [-0.39, 0.29) is 11.9 Å². The quantitative estimate of drug-likeness (QED) is 0.553. The van der Waals surface area contributed by atoms with E-state index < -0.39 is 0 Å². The van der Waals surface area contributed by atoms with Gasteiger partial charge in [0.2, 0.25) is 5.95 Å². The van der Waals surface area contributed by atoms with Gasteiger partial charge < -0.3 is 10.1 Å². The van der Waals surface area contributed by atoms with Crippen molar-refractivity contribution in [1.82, 2.24) is 19.9 Å². The molecular weight excluding hydrogens is 356 g/mol. The van der Waals surface area contributed by atoms with Crippen molar-refractivity contribution in [3.63, 3.8) is 0 Å². The standard InChI is InChI=1S/C20H16N6O2/c1-28-15-9-17-18(22-12-15)16(7-8-21-17)25-14-10-23-20(24-11-14)26-19(27)13-5-3-2-4-6-13/h2-12H,1H3,(H,21,25)(H,23,24,26,27). The number of carbonyl (C=O) groups excluding carboxylic acids is 1. The molecular formula is C20H16N6O2. The van der Waals surface area contributed by atoms with Crippen molar-refractivity contribution in [3.8, 4) is 5.75 Å². The van der Waals surface area contributed by atoms with Crippen LogP contribution in [0.25, 0.3) is 11.0 Å². The van der Waals surface area contributed by atoms with Gasteiger partial charge in [0, 0.05) is 17.8 Å². The molecule has 4 rings (SSSR count). The zero-order chi connectivity index (χ0) is 19.3. The minimum absolute atomic E-state index is 0.224. The molecule has 8 nitrogen and oxygen atoms in total. The van der Waals surface area contributed by atoms with Gasteiger partial charge >= 0.3 is 0 Å². The number of ether oxygens (including phenoxy) is 1. The average Bonchev–Trinajstić information content (AvgIpc) is 2.75. The third kappa shape index (κ3) is 3.70. The second kappa shape index (κ2) is 7.67. The number of nitrogens with zero attached hydrogens (tertiary/aromatic N) is 4. The second-order valence-electron chi connectivity index (χ2n) is 5.84. The van der Waals surface area contributed by atoms with E-state index in [1.165, 1.54) is 0 Å². The molecule has 0 aliphatic rings. The highest BCUT2D eigenvalue weighted by Crippen LogP contribution is 2.25. The Hall–Kier alpha value is -4.07. The summed E-state index contributed by atoms with van der Waals surface area (Å²) in [6.07, 6.45) is 6.49. The fourth-order valence-electron chi connectivity index (χ4n) is 2.60. The van der Waals surface area contributed by atoms with Crippen LogP contribution in [0.3, 0.4) is 0 Å². The highest BCUT2D eigenvalue weighted by atomic mass is 16.5. The monoisotopic (exact) mass is 372 g/mol. The van der Waals surface area contributed by atoms with Crippen LogP contribution in [0, 0.1) is 0 Å². The number of benzene rings is 1. The van der Waals surface area contributed by atoms with E-state index in [0.29, 0.717) is 28.0 Å². The van der Waals surface area contributed by atoms with E-state index >= 15 is 0 Å². The van der Waals surface area contributed by atoms with Crippen molar-refractivity contribution in [2.24, 2.45) is 0 Å². The van der Waals surface area contributed by atoms with Crippen LogP contribution in [0.15, 0.2) is 67.3 Å². The maximum absolute atomic E-state index is 12.2. The van der Waals surface area contributed by atoms with E-state index in [1.54, 1.807) is 56.2 Å². The summed E-state index contributed by atoms with van der Waals surface area (Å²) < 4.78 is 5.18.